The van der Waals surface area contributed by atoms with Crippen LogP contribution in [0.15, 0.2) is 0 Å². The summed E-state index contributed by atoms with van der Waals surface area (Å²) in [5, 5.41) is 25.6. The summed E-state index contributed by atoms with van der Waals surface area (Å²) < 4.78 is 0. The van der Waals surface area contributed by atoms with Crippen LogP contribution in [0.2, 0.25) is 0 Å². The number of aliphatic carboxylic acids is 2. The first-order valence-electron chi connectivity index (χ1n) is 3.58. The van der Waals surface area contributed by atoms with Crippen molar-refractivity contribution in [1.29, 1.82) is 0 Å². The van der Waals surface area contributed by atoms with Crippen molar-refractivity contribution in [1.82, 2.24) is 0 Å². The summed E-state index contributed by atoms with van der Waals surface area (Å²) in [6.07, 6.45) is -0.516. The summed E-state index contributed by atoms with van der Waals surface area (Å²) in [4.78, 5) is 20.6. The molecule has 0 aromatic carbocycles. The molecule has 0 fully saturated rings. The summed E-state index contributed by atoms with van der Waals surface area (Å²) in [5.74, 6) is -4.12. The van der Waals surface area contributed by atoms with E-state index in [9.17, 15) is 9.59 Å². The molecule has 5 heteroatoms. The predicted molar refractivity (Wildman–Crippen MR) is 39.7 cm³/mol. The van der Waals surface area contributed by atoms with Crippen LogP contribution in [0.25, 0.3) is 0 Å². The second-order valence-electron chi connectivity index (χ2n) is 2.66. The van der Waals surface area contributed by atoms with Crippen LogP contribution in [0.4, 0.5) is 0 Å². The number of rotatable bonds is 5. The molecule has 0 aliphatic carbocycles. The second-order valence-corrected chi connectivity index (χ2v) is 2.66. The zero-order valence-electron chi connectivity index (χ0n) is 6.73. The Hall–Kier alpha value is -1.10. The Morgan fingerprint density at radius 2 is 1.58 bits per heavy atom. The van der Waals surface area contributed by atoms with E-state index in [0.717, 1.165) is 0 Å². The van der Waals surface area contributed by atoms with Gasteiger partial charge in [0.25, 0.3) is 0 Å². The first-order chi connectivity index (χ1) is 5.45. The van der Waals surface area contributed by atoms with Gasteiger partial charge in [0, 0.05) is 0 Å². The minimum atomic E-state index is -1.40. The van der Waals surface area contributed by atoms with Gasteiger partial charge >= 0.3 is 11.9 Å². The van der Waals surface area contributed by atoms with Gasteiger partial charge in [0.05, 0.1) is 6.10 Å². The van der Waals surface area contributed by atoms with Gasteiger partial charge in [-0.05, 0) is 19.8 Å². The van der Waals surface area contributed by atoms with Crippen LogP contribution < -0.4 is 0 Å². The molecule has 0 saturated carbocycles. The smallest absolute Gasteiger partial charge is 0.317 e. The Kier molecular flexibility index (Phi) is 4.28. The van der Waals surface area contributed by atoms with Crippen molar-refractivity contribution in [3.05, 3.63) is 0 Å². The number of aliphatic hydroxyl groups excluding tert-OH is 1. The molecule has 0 aliphatic heterocycles. The molecule has 0 rings (SSSR count). The standard InChI is InChI=1S/C7H12O5/c1-4(8)2-3-5(6(9)10)7(11)12/h4-5,8H,2-3H2,1H3,(H,9,10)(H,11,12). The van der Waals surface area contributed by atoms with E-state index >= 15 is 0 Å². The number of hydrogen-bond acceptors (Lipinski definition) is 3. The van der Waals surface area contributed by atoms with Gasteiger partial charge in [0.1, 0.15) is 0 Å². The van der Waals surface area contributed by atoms with Crippen molar-refractivity contribution >= 4 is 11.9 Å². The van der Waals surface area contributed by atoms with E-state index in [-0.39, 0.29) is 12.8 Å². The third kappa shape index (κ3) is 3.92. The fourth-order valence-corrected chi connectivity index (χ4v) is 0.760. The third-order valence-electron chi connectivity index (χ3n) is 1.47. The van der Waals surface area contributed by atoms with Gasteiger partial charge in [-0.1, -0.05) is 0 Å². The van der Waals surface area contributed by atoms with Gasteiger partial charge in [-0.2, -0.15) is 0 Å². The molecule has 5 nitrogen and oxygen atoms in total. The van der Waals surface area contributed by atoms with Gasteiger partial charge in [-0.15, -0.1) is 0 Å². The Morgan fingerprint density at radius 3 is 1.83 bits per heavy atom. The molecule has 12 heavy (non-hydrogen) atoms. The SMILES string of the molecule is CC(O)CCC(C(=O)O)C(=O)O. The number of carboxylic acid groups (broad SMARTS) is 2. The summed E-state index contributed by atoms with van der Waals surface area (Å²) in [7, 11) is 0. The van der Waals surface area contributed by atoms with Crippen LogP contribution in [0.5, 0.6) is 0 Å². The first-order valence-corrected chi connectivity index (χ1v) is 3.58. The molecule has 1 atom stereocenters. The van der Waals surface area contributed by atoms with Crippen LogP contribution in [0.1, 0.15) is 19.8 Å². The van der Waals surface area contributed by atoms with Crippen LogP contribution >= 0.6 is 0 Å². The average molecular weight is 176 g/mol. The Labute approximate surface area is 69.6 Å². The van der Waals surface area contributed by atoms with Crippen LogP contribution in [0.3, 0.4) is 0 Å². The normalized spacial score (nSPS) is 12.9. The van der Waals surface area contributed by atoms with Crippen LogP contribution in [-0.2, 0) is 9.59 Å². The second kappa shape index (κ2) is 4.71. The number of carbonyl (C=O) groups is 2. The average Bonchev–Trinajstić information content (AvgIpc) is 1.84. The van der Waals surface area contributed by atoms with Gasteiger partial charge in [-0.25, -0.2) is 0 Å². The highest BCUT2D eigenvalue weighted by Gasteiger charge is 2.25. The van der Waals surface area contributed by atoms with Crippen molar-refractivity contribution in [2.45, 2.75) is 25.9 Å². The van der Waals surface area contributed by atoms with E-state index in [4.69, 9.17) is 15.3 Å². The highest BCUT2D eigenvalue weighted by molar-refractivity contribution is 5.92. The van der Waals surface area contributed by atoms with Gasteiger partial charge in [-0.3, -0.25) is 9.59 Å². The first kappa shape index (κ1) is 10.9. The van der Waals surface area contributed by atoms with E-state index in [0.29, 0.717) is 0 Å². The van der Waals surface area contributed by atoms with Gasteiger partial charge < -0.3 is 15.3 Å². The van der Waals surface area contributed by atoms with E-state index in [1.165, 1.54) is 6.92 Å². The molecule has 0 aromatic heterocycles. The zero-order chi connectivity index (χ0) is 9.72. The molecule has 1 unspecified atom stereocenters. The summed E-state index contributed by atoms with van der Waals surface area (Å²) in [5.41, 5.74) is 0. The molecule has 70 valence electrons. The molecule has 0 heterocycles. The molecule has 3 N–H and O–H groups in total. The summed E-state index contributed by atoms with van der Waals surface area (Å²) >= 11 is 0. The minimum Gasteiger partial charge on any atom is -0.481 e. The lowest BCUT2D eigenvalue weighted by Crippen LogP contribution is -2.24. The number of aliphatic hydroxyl groups is 1. The Bertz CT molecular complexity index is 161. The summed E-state index contributed by atoms with van der Waals surface area (Å²) in [6, 6.07) is 0. The lowest BCUT2D eigenvalue weighted by atomic mass is 10.0. The Morgan fingerprint density at radius 1 is 1.17 bits per heavy atom. The number of hydrogen-bond donors (Lipinski definition) is 3. The quantitative estimate of drug-likeness (QED) is 0.510. The van der Waals surface area contributed by atoms with Gasteiger partial charge in [0.2, 0.25) is 0 Å². The minimum absolute atomic E-state index is 0.0394. The van der Waals surface area contributed by atoms with E-state index in [1.807, 2.05) is 0 Å². The van der Waals surface area contributed by atoms with Crippen LogP contribution in [0, 0.1) is 5.92 Å². The highest BCUT2D eigenvalue weighted by atomic mass is 16.4. The van der Waals surface area contributed by atoms with Crippen molar-refractivity contribution in [2.75, 3.05) is 0 Å². The molecular weight excluding hydrogens is 164 g/mol. The van der Waals surface area contributed by atoms with Gasteiger partial charge in [0.15, 0.2) is 5.92 Å². The van der Waals surface area contributed by atoms with E-state index in [2.05, 4.69) is 0 Å². The van der Waals surface area contributed by atoms with Crippen LogP contribution in [-0.4, -0.2) is 33.4 Å². The maximum atomic E-state index is 10.3. The molecular formula is C7H12O5. The zero-order valence-corrected chi connectivity index (χ0v) is 6.73. The molecule has 0 spiro atoms. The Balaban J connectivity index is 3.97. The highest BCUT2D eigenvalue weighted by Crippen LogP contribution is 2.09. The lowest BCUT2D eigenvalue weighted by molar-refractivity contribution is -0.154. The molecule has 0 aliphatic rings. The van der Waals surface area contributed by atoms with Crippen molar-refractivity contribution in [3.8, 4) is 0 Å². The molecule has 0 amide bonds. The van der Waals surface area contributed by atoms with Crippen molar-refractivity contribution in [2.24, 2.45) is 5.92 Å². The predicted octanol–water partition coefficient (Wildman–Crippen LogP) is -0.0672. The molecule has 0 saturated heterocycles. The maximum Gasteiger partial charge on any atom is 0.317 e. The largest absolute Gasteiger partial charge is 0.481 e. The maximum absolute atomic E-state index is 10.3. The fraction of sp³-hybridized carbons (Fsp3) is 0.714. The van der Waals surface area contributed by atoms with E-state index in [1.54, 1.807) is 0 Å². The summed E-state index contributed by atoms with van der Waals surface area (Å²) in [6.45, 7) is 1.49. The molecule has 0 aromatic rings. The molecule has 0 radical (unpaired) electrons. The monoisotopic (exact) mass is 176 g/mol. The van der Waals surface area contributed by atoms with Crippen molar-refractivity contribution in [3.63, 3.8) is 0 Å². The number of carboxylic acids is 2. The van der Waals surface area contributed by atoms with E-state index < -0.39 is 24.0 Å². The topological polar surface area (TPSA) is 94.8 Å². The third-order valence-corrected chi connectivity index (χ3v) is 1.47. The fourth-order valence-electron chi connectivity index (χ4n) is 0.760. The molecule has 0 bridgehead atoms. The lowest BCUT2D eigenvalue weighted by Gasteiger charge is -2.07. The van der Waals surface area contributed by atoms with Crippen molar-refractivity contribution < 1.29 is 24.9 Å².